The lowest BCUT2D eigenvalue weighted by molar-refractivity contribution is 1.21. The smallest absolute Gasteiger partial charge is 0.138 e. The Hall–Kier alpha value is -7.56. The van der Waals surface area contributed by atoms with E-state index in [2.05, 4.69) is 216 Å². The maximum absolute atomic E-state index is 5.49. The van der Waals surface area contributed by atoms with Crippen molar-refractivity contribution in [3.8, 4) is 0 Å². The molecule has 56 heavy (non-hydrogen) atoms. The first-order valence-corrected chi connectivity index (χ1v) is 19.0. The Kier molecular flexibility index (Phi) is 7.46. The van der Waals surface area contributed by atoms with E-state index in [0.29, 0.717) is 0 Å². The minimum atomic E-state index is 0.874. The molecule has 0 bridgehead atoms. The molecule has 11 rings (SSSR count). The van der Waals surface area contributed by atoms with Crippen LogP contribution in [-0.2, 0) is 0 Å². The van der Waals surface area contributed by atoms with Gasteiger partial charge in [0.15, 0.2) is 0 Å². The van der Waals surface area contributed by atoms with E-state index in [1.807, 2.05) is 0 Å². The number of aromatic nitrogens is 2. The zero-order chi connectivity index (χ0) is 37.0. The van der Waals surface area contributed by atoms with Crippen LogP contribution in [0.4, 0.5) is 34.4 Å². The summed E-state index contributed by atoms with van der Waals surface area (Å²) in [6.45, 7) is 0. The average molecular weight is 715 g/mol. The normalized spacial score (nSPS) is 11.6. The zero-order valence-corrected chi connectivity index (χ0v) is 30.4. The Morgan fingerprint density at radius 2 is 0.500 bits per heavy atom. The van der Waals surface area contributed by atoms with Crippen LogP contribution < -0.4 is 9.80 Å². The Morgan fingerprint density at radius 1 is 0.232 bits per heavy atom. The molecule has 0 saturated carbocycles. The quantitative estimate of drug-likeness (QED) is 0.127. The molecular weight excluding hydrogens is 681 g/mol. The van der Waals surface area contributed by atoms with Gasteiger partial charge in [-0.05, 0) is 117 Å². The topological polar surface area (TPSA) is 32.3 Å². The Balaban J connectivity index is 1.18. The van der Waals surface area contributed by atoms with Crippen LogP contribution in [-0.4, -0.2) is 9.97 Å². The molecule has 0 aliphatic heterocycles. The maximum Gasteiger partial charge on any atom is 0.138 e. The summed E-state index contributed by atoms with van der Waals surface area (Å²) in [7, 11) is 0. The van der Waals surface area contributed by atoms with Crippen molar-refractivity contribution in [1.29, 1.82) is 0 Å². The summed E-state index contributed by atoms with van der Waals surface area (Å²) < 4.78 is 0. The second kappa shape index (κ2) is 13.1. The highest BCUT2D eigenvalue weighted by Crippen LogP contribution is 2.44. The summed E-state index contributed by atoms with van der Waals surface area (Å²) in [6.07, 6.45) is 0. The molecule has 4 heteroatoms. The van der Waals surface area contributed by atoms with Crippen molar-refractivity contribution < 1.29 is 0 Å². The van der Waals surface area contributed by atoms with Crippen LogP contribution in [0.15, 0.2) is 206 Å². The van der Waals surface area contributed by atoms with Crippen LogP contribution >= 0.6 is 0 Å². The Bertz CT molecular complexity index is 2940. The third kappa shape index (κ3) is 5.15. The first-order valence-electron chi connectivity index (χ1n) is 19.0. The molecule has 2 heterocycles. The minimum absolute atomic E-state index is 0.874. The van der Waals surface area contributed by atoms with Crippen molar-refractivity contribution in [2.75, 3.05) is 9.80 Å². The first kappa shape index (κ1) is 31.9. The molecule has 0 atom stereocenters. The van der Waals surface area contributed by atoms with Crippen LogP contribution in [0.2, 0.25) is 0 Å². The standard InChI is InChI=1S/C52H34N4/c1-5-17-35(18-6-1)55(36-19-7-2-8-20-36)49-31-29-43-47-33-46-40-26-14-16-28-42(40)52-44(48(46)34-45(47)39-25-13-15-27-41(39)51(43)53-49)30-32-50(54-52)56(37-21-9-3-10-22-37)38-23-11-4-12-24-38/h1-34H. The van der Waals surface area contributed by atoms with Crippen LogP contribution in [0, 0.1) is 0 Å². The van der Waals surface area contributed by atoms with Gasteiger partial charge in [-0.1, -0.05) is 121 Å². The molecule has 9 aromatic carbocycles. The number of hydrogen-bond donors (Lipinski definition) is 0. The van der Waals surface area contributed by atoms with E-state index < -0.39 is 0 Å². The van der Waals surface area contributed by atoms with Gasteiger partial charge in [0.2, 0.25) is 0 Å². The highest BCUT2D eigenvalue weighted by Gasteiger charge is 2.20. The fraction of sp³-hybridized carbons (Fsp3) is 0. The number of hydrogen-bond acceptors (Lipinski definition) is 4. The van der Waals surface area contributed by atoms with Crippen LogP contribution in [0.1, 0.15) is 0 Å². The lowest BCUT2D eigenvalue weighted by Crippen LogP contribution is -2.11. The lowest BCUT2D eigenvalue weighted by atomic mass is 9.90. The molecule has 0 spiro atoms. The summed E-state index contributed by atoms with van der Waals surface area (Å²) in [5, 5.41) is 11.6. The Labute approximate surface area is 324 Å². The van der Waals surface area contributed by atoms with E-state index in [1.165, 1.54) is 32.3 Å². The van der Waals surface area contributed by atoms with E-state index >= 15 is 0 Å². The van der Waals surface area contributed by atoms with Crippen molar-refractivity contribution in [1.82, 2.24) is 9.97 Å². The average Bonchev–Trinajstić information content (AvgIpc) is 3.28. The molecule has 0 unspecified atom stereocenters. The molecule has 0 amide bonds. The number of anilines is 6. The van der Waals surface area contributed by atoms with Gasteiger partial charge >= 0.3 is 0 Å². The van der Waals surface area contributed by atoms with Gasteiger partial charge in [0, 0.05) is 44.3 Å². The van der Waals surface area contributed by atoms with Gasteiger partial charge < -0.3 is 0 Å². The number of nitrogens with zero attached hydrogens (tertiary/aromatic N) is 4. The molecule has 0 N–H and O–H groups in total. The monoisotopic (exact) mass is 714 g/mol. The van der Waals surface area contributed by atoms with Crippen molar-refractivity contribution in [3.63, 3.8) is 0 Å². The SMILES string of the molecule is c1ccc(N(c2ccccc2)c2ccc3c4cc5c6ccccc6c6nc(N(c7ccccc7)c7ccccc7)ccc6c5cc4c4ccccc4c3n2)cc1. The third-order valence-electron chi connectivity index (χ3n) is 11.0. The molecule has 4 nitrogen and oxygen atoms in total. The number of para-hydroxylation sites is 4. The van der Waals surface area contributed by atoms with E-state index in [4.69, 9.17) is 9.97 Å². The van der Waals surface area contributed by atoms with E-state index in [1.54, 1.807) is 0 Å². The summed E-state index contributed by atoms with van der Waals surface area (Å²) in [4.78, 5) is 15.4. The fourth-order valence-corrected chi connectivity index (χ4v) is 8.47. The lowest BCUT2D eigenvalue weighted by Gasteiger charge is -2.25. The number of benzene rings is 9. The summed E-state index contributed by atoms with van der Waals surface area (Å²) >= 11 is 0. The van der Waals surface area contributed by atoms with Crippen molar-refractivity contribution >= 4 is 99.3 Å². The molecule has 11 aromatic rings. The van der Waals surface area contributed by atoms with E-state index in [0.717, 1.165) is 67.0 Å². The van der Waals surface area contributed by atoms with Crippen molar-refractivity contribution in [3.05, 3.63) is 206 Å². The van der Waals surface area contributed by atoms with Crippen LogP contribution in [0.25, 0.3) is 64.9 Å². The predicted molar refractivity (Wildman–Crippen MR) is 236 cm³/mol. The zero-order valence-electron chi connectivity index (χ0n) is 30.4. The van der Waals surface area contributed by atoms with Gasteiger partial charge in [-0.2, -0.15) is 0 Å². The largest absolute Gasteiger partial charge is 0.295 e. The second-order valence-corrected chi connectivity index (χ2v) is 14.2. The highest BCUT2D eigenvalue weighted by molar-refractivity contribution is 6.32. The van der Waals surface area contributed by atoms with Crippen LogP contribution in [0.3, 0.4) is 0 Å². The minimum Gasteiger partial charge on any atom is -0.295 e. The van der Waals surface area contributed by atoms with E-state index in [9.17, 15) is 0 Å². The van der Waals surface area contributed by atoms with Gasteiger partial charge in [0.05, 0.1) is 11.0 Å². The molecule has 0 radical (unpaired) electrons. The molecule has 0 aliphatic rings. The van der Waals surface area contributed by atoms with Gasteiger partial charge in [-0.25, -0.2) is 9.97 Å². The van der Waals surface area contributed by atoms with Crippen molar-refractivity contribution in [2.45, 2.75) is 0 Å². The molecule has 0 fully saturated rings. The predicted octanol–water partition coefficient (Wildman–Crippen LogP) is 14.3. The molecule has 0 aliphatic carbocycles. The number of rotatable bonds is 6. The third-order valence-corrected chi connectivity index (χ3v) is 11.0. The summed E-state index contributed by atoms with van der Waals surface area (Å²) in [5.41, 5.74) is 6.22. The molecule has 0 saturated heterocycles. The van der Waals surface area contributed by atoms with E-state index in [-0.39, 0.29) is 0 Å². The number of fused-ring (bicyclic) bond motifs is 12. The van der Waals surface area contributed by atoms with Crippen LogP contribution in [0.5, 0.6) is 0 Å². The second-order valence-electron chi connectivity index (χ2n) is 14.2. The van der Waals surface area contributed by atoms with Gasteiger partial charge in [-0.3, -0.25) is 9.80 Å². The molecule has 2 aromatic heterocycles. The van der Waals surface area contributed by atoms with Crippen molar-refractivity contribution in [2.24, 2.45) is 0 Å². The maximum atomic E-state index is 5.49. The van der Waals surface area contributed by atoms with Gasteiger partial charge in [0.1, 0.15) is 11.6 Å². The Morgan fingerprint density at radius 3 is 0.839 bits per heavy atom. The molecule has 262 valence electrons. The van der Waals surface area contributed by atoms with Gasteiger partial charge in [-0.15, -0.1) is 0 Å². The fourth-order valence-electron chi connectivity index (χ4n) is 8.47. The molecular formula is C52H34N4. The highest BCUT2D eigenvalue weighted by atomic mass is 15.2. The first-order chi connectivity index (χ1) is 27.8. The summed E-state index contributed by atoms with van der Waals surface area (Å²) in [5.74, 6) is 1.75. The van der Waals surface area contributed by atoms with Gasteiger partial charge in [0.25, 0.3) is 0 Å². The summed E-state index contributed by atoms with van der Waals surface area (Å²) in [6, 6.07) is 72.9. The number of pyridine rings is 2.